The first-order valence-electron chi connectivity index (χ1n) is 11.3. The molecule has 0 aliphatic heterocycles. The Hall–Kier alpha value is -2.69. The van der Waals surface area contributed by atoms with E-state index in [1.807, 2.05) is 20.8 Å². The lowest BCUT2D eigenvalue weighted by molar-refractivity contribution is -0.140. The van der Waals surface area contributed by atoms with Crippen molar-refractivity contribution in [3.63, 3.8) is 0 Å². The van der Waals surface area contributed by atoms with Crippen LogP contribution in [0.3, 0.4) is 0 Å². The Morgan fingerprint density at radius 2 is 1.62 bits per heavy atom. The quantitative estimate of drug-likeness (QED) is 0.458. The minimum atomic E-state index is -3.90. The van der Waals surface area contributed by atoms with Crippen LogP contribution >= 0.6 is 23.2 Å². The number of sulfonamides is 1. The number of rotatable bonds is 10. The average Bonchev–Trinajstić information content (AvgIpc) is 2.80. The Balaban J connectivity index is 2.48. The second-order valence-corrected chi connectivity index (χ2v) is 12.2. The maximum absolute atomic E-state index is 13.6. The van der Waals surface area contributed by atoms with E-state index >= 15 is 0 Å². The zero-order chi connectivity index (χ0) is 28.1. The summed E-state index contributed by atoms with van der Waals surface area (Å²) in [4.78, 5) is 28.0. The van der Waals surface area contributed by atoms with Gasteiger partial charge >= 0.3 is 0 Å². The van der Waals surface area contributed by atoms with Crippen molar-refractivity contribution in [3.05, 3.63) is 52.0 Å². The van der Waals surface area contributed by atoms with Crippen LogP contribution < -0.4 is 19.1 Å². The van der Waals surface area contributed by atoms with Crippen molar-refractivity contribution in [1.29, 1.82) is 0 Å². The van der Waals surface area contributed by atoms with Crippen LogP contribution in [0.1, 0.15) is 33.3 Å². The molecular weight excluding hydrogens is 541 g/mol. The summed E-state index contributed by atoms with van der Waals surface area (Å²) in [7, 11) is -1.02. The number of ether oxygens (including phenoxy) is 2. The Morgan fingerprint density at radius 1 is 1.00 bits per heavy atom. The van der Waals surface area contributed by atoms with E-state index in [1.165, 1.54) is 31.3 Å². The first kappa shape index (κ1) is 30.5. The fraction of sp³-hybridized carbons (Fsp3) is 0.440. The molecule has 9 nitrogen and oxygen atoms in total. The van der Waals surface area contributed by atoms with Crippen LogP contribution in [0.15, 0.2) is 36.4 Å². The number of hydrogen-bond donors (Lipinski definition) is 1. The van der Waals surface area contributed by atoms with Crippen LogP contribution in [0, 0.1) is 0 Å². The largest absolute Gasteiger partial charge is 0.493 e. The van der Waals surface area contributed by atoms with Crippen LogP contribution in [0.4, 0.5) is 5.69 Å². The van der Waals surface area contributed by atoms with Gasteiger partial charge in [0.1, 0.15) is 12.6 Å². The molecular formula is C25H33Cl2N3O6S. The third-order valence-corrected chi connectivity index (χ3v) is 7.22. The van der Waals surface area contributed by atoms with Crippen molar-refractivity contribution in [2.45, 2.75) is 45.8 Å². The Morgan fingerprint density at radius 3 is 2.14 bits per heavy atom. The maximum atomic E-state index is 13.6. The molecule has 204 valence electrons. The highest BCUT2D eigenvalue weighted by atomic mass is 35.5. The summed E-state index contributed by atoms with van der Waals surface area (Å²) < 4.78 is 37.0. The second-order valence-electron chi connectivity index (χ2n) is 9.49. The zero-order valence-corrected chi connectivity index (χ0v) is 24.3. The SMILES string of the molecule is COc1ccc(N(CC(=O)N(Cc2ccc(Cl)c(Cl)c2)[C@@H](C)C(=O)NC(C)(C)C)S(C)(=O)=O)cc1OC. The molecule has 12 heteroatoms. The fourth-order valence-corrected chi connectivity index (χ4v) is 4.65. The van der Waals surface area contributed by atoms with Gasteiger partial charge in [0, 0.05) is 18.2 Å². The van der Waals surface area contributed by atoms with Crippen LogP contribution in [0.2, 0.25) is 10.0 Å². The highest BCUT2D eigenvalue weighted by molar-refractivity contribution is 7.92. The highest BCUT2D eigenvalue weighted by Gasteiger charge is 2.31. The lowest BCUT2D eigenvalue weighted by Gasteiger charge is -2.33. The number of anilines is 1. The standard InChI is InChI=1S/C25H33Cl2N3O6S/c1-16(24(32)28-25(2,3)4)29(14-17-8-10-19(26)20(27)12-17)23(31)15-30(37(7,33)34)18-9-11-21(35-5)22(13-18)36-6/h8-13,16H,14-15H2,1-7H3,(H,28,32)/t16-/m0/s1. The topological polar surface area (TPSA) is 105 Å². The maximum Gasteiger partial charge on any atom is 0.244 e. The molecule has 2 rings (SSSR count). The van der Waals surface area contributed by atoms with Crippen molar-refractivity contribution in [2.24, 2.45) is 0 Å². The third-order valence-electron chi connectivity index (χ3n) is 5.34. The number of carbonyl (C=O) groups excluding carboxylic acids is 2. The lowest BCUT2D eigenvalue weighted by atomic mass is 10.1. The molecule has 0 spiro atoms. The van der Waals surface area contributed by atoms with E-state index < -0.39 is 40.0 Å². The fourth-order valence-electron chi connectivity index (χ4n) is 3.49. The summed E-state index contributed by atoms with van der Waals surface area (Å²) in [5.74, 6) is -0.285. The summed E-state index contributed by atoms with van der Waals surface area (Å²) in [5.41, 5.74) is 0.284. The number of amides is 2. The van der Waals surface area contributed by atoms with Crippen molar-refractivity contribution in [2.75, 3.05) is 31.3 Å². The Labute approximate surface area is 228 Å². The molecule has 1 atom stereocenters. The van der Waals surface area contributed by atoms with E-state index in [0.29, 0.717) is 27.1 Å². The van der Waals surface area contributed by atoms with E-state index in [4.69, 9.17) is 32.7 Å². The molecule has 0 aliphatic rings. The minimum Gasteiger partial charge on any atom is -0.493 e. The molecule has 2 amide bonds. The Kier molecular flexibility index (Phi) is 10.1. The molecule has 0 unspecified atom stereocenters. The van der Waals surface area contributed by atoms with Crippen molar-refractivity contribution >= 4 is 50.7 Å². The van der Waals surface area contributed by atoms with Gasteiger partial charge in [-0.3, -0.25) is 13.9 Å². The molecule has 0 saturated heterocycles. The molecule has 1 N–H and O–H groups in total. The number of hydrogen-bond acceptors (Lipinski definition) is 6. The van der Waals surface area contributed by atoms with Gasteiger partial charge < -0.3 is 19.7 Å². The van der Waals surface area contributed by atoms with E-state index in [-0.39, 0.29) is 12.2 Å². The van der Waals surface area contributed by atoms with E-state index in [1.54, 1.807) is 31.2 Å². The predicted molar refractivity (Wildman–Crippen MR) is 146 cm³/mol. The van der Waals surface area contributed by atoms with E-state index in [0.717, 1.165) is 10.6 Å². The number of benzene rings is 2. The molecule has 0 saturated carbocycles. The molecule has 0 bridgehead atoms. The molecule has 0 aliphatic carbocycles. The molecule has 0 aromatic heterocycles. The number of nitrogens with zero attached hydrogens (tertiary/aromatic N) is 2. The summed E-state index contributed by atoms with van der Waals surface area (Å²) in [6.45, 7) is 6.50. The van der Waals surface area contributed by atoms with Crippen LogP contribution in [-0.2, 0) is 26.2 Å². The molecule has 2 aromatic carbocycles. The normalized spacial score (nSPS) is 12.5. The van der Waals surface area contributed by atoms with E-state index in [2.05, 4.69) is 5.32 Å². The van der Waals surface area contributed by atoms with Gasteiger partial charge in [-0.25, -0.2) is 8.42 Å². The smallest absolute Gasteiger partial charge is 0.244 e. The first-order chi connectivity index (χ1) is 17.1. The summed E-state index contributed by atoms with van der Waals surface area (Å²) in [6, 6.07) is 8.47. The average molecular weight is 575 g/mol. The number of carbonyl (C=O) groups is 2. The van der Waals surface area contributed by atoms with Gasteiger partial charge in [0.25, 0.3) is 0 Å². The molecule has 2 aromatic rings. The first-order valence-corrected chi connectivity index (χ1v) is 13.9. The molecule has 37 heavy (non-hydrogen) atoms. The summed E-state index contributed by atoms with van der Waals surface area (Å²) >= 11 is 12.2. The van der Waals surface area contributed by atoms with Crippen molar-refractivity contribution in [3.8, 4) is 11.5 Å². The zero-order valence-electron chi connectivity index (χ0n) is 22.0. The van der Waals surface area contributed by atoms with Crippen molar-refractivity contribution < 1.29 is 27.5 Å². The third kappa shape index (κ3) is 8.41. The molecule has 0 fully saturated rings. The summed E-state index contributed by atoms with van der Waals surface area (Å²) in [5, 5.41) is 3.50. The van der Waals surface area contributed by atoms with Crippen LogP contribution in [0.5, 0.6) is 11.5 Å². The van der Waals surface area contributed by atoms with Gasteiger partial charge in [0.2, 0.25) is 21.8 Å². The van der Waals surface area contributed by atoms with Gasteiger partial charge in [-0.1, -0.05) is 29.3 Å². The summed E-state index contributed by atoms with van der Waals surface area (Å²) in [6.07, 6.45) is 0.996. The van der Waals surface area contributed by atoms with Gasteiger partial charge in [-0.15, -0.1) is 0 Å². The van der Waals surface area contributed by atoms with Crippen LogP contribution in [-0.4, -0.2) is 63.7 Å². The number of halogens is 2. The lowest BCUT2D eigenvalue weighted by Crippen LogP contribution is -2.54. The van der Waals surface area contributed by atoms with Crippen LogP contribution in [0.25, 0.3) is 0 Å². The van der Waals surface area contributed by atoms with Gasteiger partial charge in [-0.05, 0) is 57.5 Å². The highest BCUT2D eigenvalue weighted by Crippen LogP contribution is 2.32. The predicted octanol–water partition coefficient (Wildman–Crippen LogP) is 4.11. The molecule has 0 radical (unpaired) electrons. The monoisotopic (exact) mass is 573 g/mol. The van der Waals surface area contributed by atoms with Gasteiger partial charge in [0.15, 0.2) is 11.5 Å². The van der Waals surface area contributed by atoms with E-state index in [9.17, 15) is 18.0 Å². The molecule has 0 heterocycles. The second kappa shape index (κ2) is 12.2. The minimum absolute atomic E-state index is 0.00200. The Bertz CT molecular complexity index is 1250. The van der Waals surface area contributed by atoms with Crippen molar-refractivity contribution in [1.82, 2.24) is 10.2 Å². The number of methoxy groups -OCH3 is 2. The van der Waals surface area contributed by atoms with Gasteiger partial charge in [0.05, 0.1) is 36.2 Å². The number of nitrogens with one attached hydrogen (secondary N) is 1. The van der Waals surface area contributed by atoms with Gasteiger partial charge in [-0.2, -0.15) is 0 Å².